The average molecular weight is 332 g/mol. The van der Waals surface area contributed by atoms with Gasteiger partial charge in [-0.05, 0) is 42.3 Å². The number of nitrogens with one attached hydrogen (secondary N) is 2. The molecule has 23 heavy (non-hydrogen) atoms. The zero-order chi connectivity index (χ0) is 17.0. The van der Waals surface area contributed by atoms with Gasteiger partial charge in [-0.15, -0.1) is 0 Å². The van der Waals surface area contributed by atoms with E-state index in [1.807, 2.05) is 30.3 Å². The predicted octanol–water partition coefficient (Wildman–Crippen LogP) is 2.97. The fraction of sp³-hybridized carbons (Fsp3) is 0.235. The minimum absolute atomic E-state index is 0.108. The quantitative estimate of drug-likeness (QED) is 0.883. The summed E-state index contributed by atoms with van der Waals surface area (Å²) in [5.74, 6) is -0.108. The van der Waals surface area contributed by atoms with E-state index in [9.17, 15) is 13.2 Å². The van der Waals surface area contributed by atoms with Crippen molar-refractivity contribution >= 4 is 27.1 Å². The van der Waals surface area contributed by atoms with Gasteiger partial charge >= 0.3 is 0 Å². The molecule has 2 rings (SSSR count). The fourth-order valence-electron chi connectivity index (χ4n) is 2.22. The van der Waals surface area contributed by atoms with Crippen LogP contribution in [0.2, 0.25) is 0 Å². The van der Waals surface area contributed by atoms with Gasteiger partial charge in [-0.1, -0.05) is 18.2 Å². The molecule has 0 aliphatic heterocycles. The molecule has 0 aromatic heterocycles. The topological polar surface area (TPSA) is 75.3 Å². The number of sulfone groups is 1. The number of hydrogen-bond acceptors (Lipinski definition) is 4. The Morgan fingerprint density at radius 1 is 1.04 bits per heavy atom. The first-order valence-electron chi connectivity index (χ1n) is 7.17. The summed E-state index contributed by atoms with van der Waals surface area (Å²) in [7, 11) is -3.24. The molecular formula is C17H20N2O3S. The third-order valence-corrected chi connectivity index (χ3v) is 4.60. The maximum atomic E-state index is 11.7. The summed E-state index contributed by atoms with van der Waals surface area (Å²) in [4.78, 5) is 11.3. The Morgan fingerprint density at radius 2 is 1.65 bits per heavy atom. The number of aryl methyl sites for hydroxylation is 1. The molecule has 0 saturated heterocycles. The van der Waals surface area contributed by atoms with Crippen molar-refractivity contribution in [3.63, 3.8) is 0 Å². The number of hydrogen-bond donors (Lipinski definition) is 2. The van der Waals surface area contributed by atoms with Crippen molar-refractivity contribution in [3.8, 4) is 0 Å². The molecule has 0 aliphatic rings. The van der Waals surface area contributed by atoms with Crippen molar-refractivity contribution in [3.05, 3.63) is 53.6 Å². The van der Waals surface area contributed by atoms with Crippen LogP contribution in [0.3, 0.4) is 0 Å². The second kappa shape index (κ2) is 6.83. The second-order valence-corrected chi connectivity index (χ2v) is 7.47. The van der Waals surface area contributed by atoms with Gasteiger partial charge in [-0.3, -0.25) is 4.79 Å². The van der Waals surface area contributed by atoms with Crippen LogP contribution in [0.4, 0.5) is 11.4 Å². The molecule has 0 atom stereocenters. The molecule has 2 aromatic carbocycles. The Labute approximate surface area is 136 Å². The molecule has 0 heterocycles. The Morgan fingerprint density at radius 3 is 2.22 bits per heavy atom. The minimum Gasteiger partial charge on any atom is -0.381 e. The van der Waals surface area contributed by atoms with Crippen LogP contribution in [0.1, 0.15) is 18.1 Å². The van der Waals surface area contributed by atoms with E-state index in [1.165, 1.54) is 13.2 Å². The largest absolute Gasteiger partial charge is 0.381 e. The van der Waals surface area contributed by atoms with Crippen LogP contribution >= 0.6 is 0 Å². The van der Waals surface area contributed by atoms with Crippen LogP contribution in [0, 0.1) is 6.92 Å². The molecule has 122 valence electrons. The van der Waals surface area contributed by atoms with Crippen molar-refractivity contribution in [1.82, 2.24) is 0 Å². The molecule has 0 saturated carbocycles. The zero-order valence-corrected chi connectivity index (χ0v) is 14.2. The van der Waals surface area contributed by atoms with Gasteiger partial charge in [0.2, 0.25) is 5.91 Å². The number of anilines is 2. The molecule has 0 fully saturated rings. The molecular weight excluding hydrogens is 312 g/mol. The molecule has 0 radical (unpaired) electrons. The number of carbonyl (C=O) groups is 1. The van der Waals surface area contributed by atoms with E-state index in [0.717, 1.165) is 22.5 Å². The summed E-state index contributed by atoms with van der Waals surface area (Å²) < 4.78 is 23.5. The lowest BCUT2D eigenvalue weighted by Crippen LogP contribution is -2.06. The van der Waals surface area contributed by atoms with Gasteiger partial charge < -0.3 is 10.6 Å². The van der Waals surface area contributed by atoms with Crippen LogP contribution in [-0.4, -0.2) is 20.6 Å². The molecule has 1 amide bonds. The van der Waals surface area contributed by atoms with E-state index in [-0.39, 0.29) is 5.91 Å². The van der Waals surface area contributed by atoms with Gasteiger partial charge in [-0.2, -0.15) is 0 Å². The van der Waals surface area contributed by atoms with Crippen LogP contribution in [-0.2, 0) is 21.2 Å². The minimum atomic E-state index is -3.24. The maximum Gasteiger partial charge on any atom is 0.221 e. The van der Waals surface area contributed by atoms with Gasteiger partial charge in [-0.25, -0.2) is 8.42 Å². The van der Waals surface area contributed by atoms with Gasteiger partial charge in [0.25, 0.3) is 0 Å². The Bertz CT molecular complexity index is 812. The summed E-state index contributed by atoms with van der Waals surface area (Å²) in [6, 6.07) is 12.8. The highest BCUT2D eigenvalue weighted by atomic mass is 32.2. The first-order valence-corrected chi connectivity index (χ1v) is 9.06. The van der Waals surface area contributed by atoms with E-state index < -0.39 is 9.84 Å². The Hall–Kier alpha value is -2.34. The first-order chi connectivity index (χ1) is 10.8. The molecule has 0 unspecified atom stereocenters. The molecule has 6 heteroatoms. The van der Waals surface area contributed by atoms with Crippen LogP contribution in [0.15, 0.2) is 47.4 Å². The number of amides is 1. The van der Waals surface area contributed by atoms with E-state index in [1.54, 1.807) is 19.1 Å². The zero-order valence-electron chi connectivity index (χ0n) is 13.4. The van der Waals surface area contributed by atoms with Gasteiger partial charge in [0.15, 0.2) is 9.84 Å². The van der Waals surface area contributed by atoms with Gasteiger partial charge in [0.05, 0.1) is 4.90 Å². The summed E-state index contributed by atoms with van der Waals surface area (Å²) in [6.45, 7) is 3.81. The number of rotatable bonds is 5. The second-order valence-electron chi connectivity index (χ2n) is 5.48. The highest BCUT2D eigenvalue weighted by molar-refractivity contribution is 7.90. The summed E-state index contributed by atoms with van der Waals surface area (Å²) in [5, 5.41) is 5.92. The van der Waals surface area contributed by atoms with Gasteiger partial charge in [0, 0.05) is 31.1 Å². The highest BCUT2D eigenvalue weighted by Crippen LogP contribution is 2.20. The molecule has 5 nitrogen and oxygen atoms in total. The molecule has 0 bridgehead atoms. The number of carbonyl (C=O) groups excluding carboxylic acids is 1. The third-order valence-electron chi connectivity index (χ3n) is 3.36. The lowest BCUT2D eigenvalue weighted by molar-refractivity contribution is -0.114. The molecule has 0 spiro atoms. The smallest absolute Gasteiger partial charge is 0.221 e. The molecule has 2 aromatic rings. The Kier molecular flexibility index (Phi) is 5.05. The van der Waals surface area contributed by atoms with Crippen LogP contribution in [0.5, 0.6) is 0 Å². The monoisotopic (exact) mass is 332 g/mol. The van der Waals surface area contributed by atoms with Gasteiger partial charge in [0.1, 0.15) is 0 Å². The average Bonchev–Trinajstić information content (AvgIpc) is 2.46. The SMILES string of the molecule is CC(=O)Nc1ccc(CNc2ccc(C)c(S(C)(=O)=O)c2)cc1. The maximum absolute atomic E-state index is 11.7. The molecule has 2 N–H and O–H groups in total. The third kappa shape index (κ3) is 4.82. The van der Waals surface area contributed by atoms with Crippen molar-refractivity contribution < 1.29 is 13.2 Å². The fourth-order valence-corrected chi connectivity index (χ4v) is 3.22. The van der Waals surface area contributed by atoms with E-state index in [4.69, 9.17) is 0 Å². The van der Waals surface area contributed by atoms with Crippen molar-refractivity contribution in [2.24, 2.45) is 0 Å². The summed E-state index contributed by atoms with van der Waals surface area (Å²) >= 11 is 0. The Balaban J connectivity index is 2.08. The molecule has 0 aliphatic carbocycles. The number of benzene rings is 2. The summed E-state index contributed by atoms with van der Waals surface area (Å²) in [6.07, 6.45) is 1.21. The van der Waals surface area contributed by atoms with Crippen molar-refractivity contribution in [2.45, 2.75) is 25.3 Å². The normalized spacial score (nSPS) is 11.1. The standard InChI is InChI=1S/C17H20N2O3S/c1-12-4-7-16(10-17(12)23(3,21)22)18-11-14-5-8-15(9-6-14)19-13(2)20/h4-10,18H,11H2,1-3H3,(H,19,20). The first kappa shape index (κ1) is 17.0. The van der Waals surface area contributed by atoms with Crippen LogP contribution in [0.25, 0.3) is 0 Å². The van der Waals surface area contributed by atoms with Crippen molar-refractivity contribution in [2.75, 3.05) is 16.9 Å². The van der Waals surface area contributed by atoms with E-state index >= 15 is 0 Å². The van der Waals surface area contributed by atoms with Crippen molar-refractivity contribution in [1.29, 1.82) is 0 Å². The lowest BCUT2D eigenvalue weighted by atomic mass is 10.2. The van der Waals surface area contributed by atoms with E-state index in [0.29, 0.717) is 11.4 Å². The lowest BCUT2D eigenvalue weighted by Gasteiger charge is -2.10. The highest BCUT2D eigenvalue weighted by Gasteiger charge is 2.11. The van der Waals surface area contributed by atoms with E-state index in [2.05, 4.69) is 10.6 Å². The van der Waals surface area contributed by atoms with Crippen LogP contribution < -0.4 is 10.6 Å². The predicted molar refractivity (Wildman–Crippen MR) is 92.4 cm³/mol. The summed E-state index contributed by atoms with van der Waals surface area (Å²) in [5.41, 5.74) is 3.26.